The Morgan fingerprint density at radius 3 is 2.89 bits per heavy atom. The lowest BCUT2D eigenvalue weighted by Gasteiger charge is -2.21. The monoisotopic (exact) mass is 383 g/mol. The van der Waals surface area contributed by atoms with Crippen LogP contribution < -0.4 is 0 Å². The molecule has 0 spiro atoms. The van der Waals surface area contributed by atoms with Crippen molar-refractivity contribution in [1.82, 2.24) is 25.1 Å². The van der Waals surface area contributed by atoms with Gasteiger partial charge in [0.1, 0.15) is 5.82 Å². The van der Waals surface area contributed by atoms with Gasteiger partial charge in [-0.05, 0) is 32.8 Å². The number of aryl methyl sites for hydroxylation is 3. The number of aromatic amines is 1. The highest BCUT2D eigenvalue weighted by atomic mass is 32.1. The average molecular weight is 384 g/mol. The van der Waals surface area contributed by atoms with Gasteiger partial charge < -0.3 is 4.74 Å². The molecule has 1 saturated heterocycles. The molecule has 0 unspecified atom stereocenters. The Labute approximate surface area is 163 Å². The SMILES string of the molecule is Cc1cccc(CO[C@H]2C[C@@H](c3n[nH]c(C)n3)N(Cc3scnc3C)C2)c1. The van der Waals surface area contributed by atoms with E-state index in [9.17, 15) is 0 Å². The van der Waals surface area contributed by atoms with Crippen molar-refractivity contribution < 1.29 is 4.74 Å². The number of H-pyrrole nitrogens is 1. The van der Waals surface area contributed by atoms with Crippen molar-refractivity contribution in [2.75, 3.05) is 6.54 Å². The van der Waals surface area contributed by atoms with Crippen LogP contribution in [0.15, 0.2) is 29.8 Å². The van der Waals surface area contributed by atoms with Crippen molar-refractivity contribution in [2.45, 2.75) is 52.5 Å². The molecule has 3 aromatic rings. The van der Waals surface area contributed by atoms with Crippen LogP contribution in [0, 0.1) is 20.8 Å². The van der Waals surface area contributed by atoms with Crippen molar-refractivity contribution in [1.29, 1.82) is 0 Å². The van der Waals surface area contributed by atoms with Gasteiger partial charge in [0.05, 0.1) is 30.0 Å². The average Bonchev–Trinajstić information content (AvgIpc) is 3.35. The first kappa shape index (κ1) is 18.3. The van der Waals surface area contributed by atoms with E-state index in [1.165, 1.54) is 16.0 Å². The minimum absolute atomic E-state index is 0.166. The number of aromatic nitrogens is 4. The second-order valence-corrected chi connectivity index (χ2v) is 8.18. The summed E-state index contributed by atoms with van der Waals surface area (Å²) in [6.45, 7) is 8.49. The molecule has 1 aromatic carbocycles. The fraction of sp³-hybridized carbons (Fsp3) is 0.450. The molecule has 1 aliphatic heterocycles. The second kappa shape index (κ2) is 7.88. The van der Waals surface area contributed by atoms with Crippen molar-refractivity contribution in [3.05, 3.63) is 63.1 Å². The smallest absolute Gasteiger partial charge is 0.167 e. The number of ether oxygens (including phenoxy) is 1. The van der Waals surface area contributed by atoms with Crippen molar-refractivity contribution in [2.24, 2.45) is 0 Å². The fourth-order valence-corrected chi connectivity index (χ4v) is 4.41. The van der Waals surface area contributed by atoms with Crippen molar-refractivity contribution in [3.8, 4) is 0 Å². The summed E-state index contributed by atoms with van der Waals surface area (Å²) in [6.07, 6.45) is 1.07. The lowest BCUT2D eigenvalue weighted by Crippen LogP contribution is -2.25. The molecule has 0 saturated carbocycles. The molecule has 1 N–H and O–H groups in total. The normalized spacial score (nSPS) is 20.4. The molecule has 0 radical (unpaired) electrons. The van der Waals surface area contributed by atoms with Gasteiger partial charge in [-0.3, -0.25) is 10.00 Å². The van der Waals surface area contributed by atoms with Crippen molar-refractivity contribution in [3.63, 3.8) is 0 Å². The molecule has 7 heteroatoms. The van der Waals surface area contributed by atoms with Gasteiger partial charge in [-0.2, -0.15) is 5.10 Å². The number of likely N-dealkylation sites (tertiary alicyclic amines) is 1. The Kier molecular flexibility index (Phi) is 5.33. The first-order valence-electron chi connectivity index (χ1n) is 9.27. The third kappa shape index (κ3) is 4.26. The summed E-state index contributed by atoms with van der Waals surface area (Å²) in [6, 6.07) is 8.67. The minimum atomic E-state index is 0.166. The summed E-state index contributed by atoms with van der Waals surface area (Å²) in [5.41, 5.74) is 5.50. The molecule has 0 bridgehead atoms. The number of nitrogens with one attached hydrogen (secondary N) is 1. The highest BCUT2D eigenvalue weighted by molar-refractivity contribution is 7.09. The molecule has 3 heterocycles. The third-order valence-electron chi connectivity index (χ3n) is 5.04. The predicted molar refractivity (Wildman–Crippen MR) is 105 cm³/mol. The van der Waals surface area contributed by atoms with E-state index in [0.717, 1.165) is 36.9 Å². The summed E-state index contributed by atoms with van der Waals surface area (Å²) >= 11 is 1.71. The quantitative estimate of drug-likeness (QED) is 0.703. The topological polar surface area (TPSA) is 66.9 Å². The predicted octanol–water partition coefficient (Wildman–Crippen LogP) is 3.72. The van der Waals surface area contributed by atoms with Crippen LogP contribution in [0.25, 0.3) is 0 Å². The Balaban J connectivity index is 1.47. The summed E-state index contributed by atoms with van der Waals surface area (Å²) in [5.74, 6) is 1.71. The van der Waals surface area contributed by atoms with Crippen LogP contribution in [0.5, 0.6) is 0 Å². The number of hydrogen-bond acceptors (Lipinski definition) is 6. The molecule has 2 aromatic heterocycles. The highest BCUT2D eigenvalue weighted by Crippen LogP contribution is 2.34. The van der Waals surface area contributed by atoms with E-state index >= 15 is 0 Å². The summed E-state index contributed by atoms with van der Waals surface area (Å²) in [7, 11) is 0. The van der Waals surface area contributed by atoms with Gasteiger partial charge in [0.25, 0.3) is 0 Å². The van der Waals surface area contributed by atoms with Gasteiger partial charge in [0.15, 0.2) is 5.82 Å². The van der Waals surface area contributed by atoms with E-state index in [-0.39, 0.29) is 12.1 Å². The lowest BCUT2D eigenvalue weighted by molar-refractivity contribution is 0.0461. The van der Waals surface area contributed by atoms with Crippen LogP contribution in [0.1, 0.15) is 45.8 Å². The van der Waals surface area contributed by atoms with E-state index in [1.54, 1.807) is 11.3 Å². The molecule has 6 nitrogen and oxygen atoms in total. The summed E-state index contributed by atoms with van der Waals surface area (Å²) < 4.78 is 6.26. The second-order valence-electron chi connectivity index (χ2n) is 7.24. The first-order valence-corrected chi connectivity index (χ1v) is 10.2. The summed E-state index contributed by atoms with van der Waals surface area (Å²) in [5, 5.41) is 7.40. The highest BCUT2D eigenvalue weighted by Gasteiger charge is 2.36. The molecule has 142 valence electrons. The van der Waals surface area contributed by atoms with Gasteiger partial charge in [-0.1, -0.05) is 29.8 Å². The van der Waals surface area contributed by atoms with Crippen molar-refractivity contribution >= 4 is 11.3 Å². The standard InChI is InChI=1S/C20H25N5OS/c1-13-5-4-6-16(7-13)11-26-17-8-18(20-22-15(3)23-24-20)25(9-17)10-19-14(2)21-12-27-19/h4-7,12,17-18H,8-11H2,1-3H3,(H,22,23,24)/t17-,18-/m0/s1. The maximum atomic E-state index is 6.26. The molecular weight excluding hydrogens is 358 g/mol. The zero-order valence-electron chi connectivity index (χ0n) is 16.0. The largest absolute Gasteiger partial charge is 0.372 e. The van der Waals surface area contributed by atoms with Gasteiger partial charge in [-0.25, -0.2) is 9.97 Å². The number of hydrogen-bond donors (Lipinski definition) is 1. The van der Waals surface area contributed by atoms with Crippen LogP contribution in [0.4, 0.5) is 0 Å². The van der Waals surface area contributed by atoms with Crippen LogP contribution >= 0.6 is 11.3 Å². The van der Waals surface area contributed by atoms with E-state index in [0.29, 0.717) is 6.61 Å². The van der Waals surface area contributed by atoms with Gasteiger partial charge in [0, 0.05) is 18.0 Å². The molecular formula is C20H25N5OS. The Bertz CT molecular complexity index is 905. The van der Waals surface area contributed by atoms with E-state index in [1.807, 2.05) is 12.4 Å². The van der Waals surface area contributed by atoms with E-state index in [2.05, 4.69) is 63.2 Å². The van der Waals surface area contributed by atoms with Crippen LogP contribution in [0.3, 0.4) is 0 Å². The molecule has 2 atom stereocenters. The number of nitrogens with zero attached hydrogens (tertiary/aromatic N) is 4. The van der Waals surface area contributed by atoms with Crippen LogP contribution in [-0.2, 0) is 17.9 Å². The summed E-state index contributed by atoms with van der Waals surface area (Å²) in [4.78, 5) is 12.7. The first-order chi connectivity index (χ1) is 13.1. The third-order valence-corrected chi connectivity index (χ3v) is 5.96. The minimum Gasteiger partial charge on any atom is -0.372 e. The zero-order chi connectivity index (χ0) is 18.8. The van der Waals surface area contributed by atoms with Crippen LogP contribution in [-0.4, -0.2) is 37.7 Å². The Hall–Kier alpha value is -2.09. The maximum absolute atomic E-state index is 6.26. The van der Waals surface area contributed by atoms with Gasteiger partial charge in [0.2, 0.25) is 0 Å². The van der Waals surface area contributed by atoms with E-state index < -0.39 is 0 Å². The number of benzene rings is 1. The molecule has 4 rings (SSSR count). The molecule has 27 heavy (non-hydrogen) atoms. The number of rotatable bonds is 6. The van der Waals surface area contributed by atoms with Gasteiger partial charge in [-0.15, -0.1) is 11.3 Å². The zero-order valence-corrected chi connectivity index (χ0v) is 16.8. The number of thiazole rings is 1. The van der Waals surface area contributed by atoms with Gasteiger partial charge >= 0.3 is 0 Å². The molecule has 0 aliphatic carbocycles. The Morgan fingerprint density at radius 2 is 2.19 bits per heavy atom. The fourth-order valence-electron chi connectivity index (χ4n) is 3.61. The molecule has 1 aliphatic rings. The molecule has 0 amide bonds. The molecule has 1 fully saturated rings. The Morgan fingerprint density at radius 1 is 1.30 bits per heavy atom. The maximum Gasteiger partial charge on any atom is 0.167 e. The van der Waals surface area contributed by atoms with Crippen LogP contribution in [0.2, 0.25) is 0 Å². The lowest BCUT2D eigenvalue weighted by atomic mass is 10.1. The van der Waals surface area contributed by atoms with E-state index in [4.69, 9.17) is 4.74 Å².